The molecule has 0 bridgehead atoms. The molecular weight excluding hydrogens is 590 g/mol. The summed E-state index contributed by atoms with van der Waals surface area (Å²) in [7, 11) is 0. The fourth-order valence-corrected chi connectivity index (χ4v) is 6.57. The number of aromatic nitrogens is 1. The van der Waals surface area contributed by atoms with Gasteiger partial charge in [-0.1, -0.05) is 72.0 Å². The minimum atomic E-state index is -1.33. The zero-order valence-corrected chi connectivity index (χ0v) is 25.3. The van der Waals surface area contributed by atoms with Gasteiger partial charge >= 0.3 is 11.9 Å². The number of fused-ring (bicyclic) bond motifs is 1. The zero-order chi connectivity index (χ0) is 30.9. The van der Waals surface area contributed by atoms with Gasteiger partial charge in [-0.3, -0.25) is 14.5 Å². The van der Waals surface area contributed by atoms with E-state index in [1.165, 1.54) is 16.7 Å². The fraction of sp³-hybridized carbons (Fsp3) is 0.300. The Hall–Kier alpha value is -4.20. The number of nitrogens with one attached hydrogen (secondary N) is 1. The SMILES string of the molecule is CC(C)(C)OC(=O)c1nc([C@@H](N)C(=O)N[C@@H]2C(=O)N3C(C(=O)OC(c4ccccc4)c4ccccc4)=CCS[C@H]23)c(N)s1. The average Bonchev–Trinajstić information content (AvgIpc) is 3.39. The molecule has 5 N–H and O–H groups in total. The Morgan fingerprint density at radius 1 is 1.02 bits per heavy atom. The van der Waals surface area contributed by atoms with Crippen LogP contribution in [0.4, 0.5) is 5.00 Å². The summed E-state index contributed by atoms with van der Waals surface area (Å²) < 4.78 is 11.3. The number of amides is 2. The van der Waals surface area contributed by atoms with E-state index in [-0.39, 0.29) is 21.4 Å². The molecule has 2 aliphatic heterocycles. The summed E-state index contributed by atoms with van der Waals surface area (Å²) in [5.41, 5.74) is 13.1. The number of ether oxygens (including phenoxy) is 2. The van der Waals surface area contributed by atoms with E-state index in [9.17, 15) is 19.2 Å². The van der Waals surface area contributed by atoms with Crippen molar-refractivity contribution in [2.75, 3.05) is 11.5 Å². The van der Waals surface area contributed by atoms with Crippen molar-refractivity contribution in [2.45, 2.75) is 49.9 Å². The summed E-state index contributed by atoms with van der Waals surface area (Å²) in [5, 5.41) is 2.19. The van der Waals surface area contributed by atoms with Gasteiger partial charge in [-0.2, -0.15) is 0 Å². The van der Waals surface area contributed by atoms with Crippen LogP contribution in [0, 0.1) is 0 Å². The lowest BCUT2D eigenvalue weighted by Crippen LogP contribution is -2.70. The van der Waals surface area contributed by atoms with Gasteiger partial charge in [-0.05, 0) is 38.0 Å². The van der Waals surface area contributed by atoms with Crippen LogP contribution < -0.4 is 16.8 Å². The largest absolute Gasteiger partial charge is 0.455 e. The van der Waals surface area contributed by atoms with Crippen molar-refractivity contribution in [3.63, 3.8) is 0 Å². The van der Waals surface area contributed by atoms with Crippen LogP contribution in [0.1, 0.15) is 59.5 Å². The lowest BCUT2D eigenvalue weighted by Gasteiger charge is -2.48. The monoisotopic (exact) mass is 621 g/mol. The molecule has 0 saturated carbocycles. The molecule has 0 aliphatic carbocycles. The van der Waals surface area contributed by atoms with Crippen LogP contribution in [0.15, 0.2) is 72.4 Å². The average molecular weight is 622 g/mol. The van der Waals surface area contributed by atoms with Gasteiger partial charge in [0.2, 0.25) is 10.9 Å². The molecule has 11 nitrogen and oxygen atoms in total. The summed E-state index contributed by atoms with van der Waals surface area (Å²) in [5.74, 6) is -2.07. The highest BCUT2D eigenvalue weighted by molar-refractivity contribution is 8.00. The van der Waals surface area contributed by atoms with E-state index in [1.807, 2.05) is 60.7 Å². The second kappa shape index (κ2) is 12.2. The number of anilines is 1. The number of benzene rings is 2. The summed E-state index contributed by atoms with van der Waals surface area (Å²) in [4.78, 5) is 57.6. The number of thioether (sulfide) groups is 1. The molecule has 1 aromatic heterocycles. The maximum absolute atomic E-state index is 13.4. The van der Waals surface area contributed by atoms with Crippen molar-refractivity contribution in [3.05, 3.63) is 94.3 Å². The minimum Gasteiger partial charge on any atom is -0.455 e. The van der Waals surface area contributed by atoms with Crippen LogP contribution in [0.25, 0.3) is 0 Å². The van der Waals surface area contributed by atoms with E-state index in [2.05, 4.69) is 10.3 Å². The molecule has 0 unspecified atom stereocenters. The molecule has 43 heavy (non-hydrogen) atoms. The Bertz CT molecular complexity index is 1530. The van der Waals surface area contributed by atoms with Gasteiger partial charge < -0.3 is 26.3 Å². The number of nitrogen functional groups attached to an aromatic ring is 1. The number of hydrogen-bond acceptors (Lipinski definition) is 11. The molecule has 224 valence electrons. The van der Waals surface area contributed by atoms with Crippen molar-refractivity contribution in [1.29, 1.82) is 0 Å². The molecular formula is C30H31N5O6S2. The Morgan fingerprint density at radius 3 is 2.21 bits per heavy atom. The maximum Gasteiger partial charge on any atom is 0.368 e. The van der Waals surface area contributed by atoms with E-state index in [1.54, 1.807) is 26.8 Å². The Kier molecular flexibility index (Phi) is 8.58. The van der Waals surface area contributed by atoms with Crippen molar-refractivity contribution >= 4 is 51.9 Å². The number of esters is 2. The van der Waals surface area contributed by atoms with E-state index < -0.39 is 52.9 Å². The van der Waals surface area contributed by atoms with E-state index in [0.717, 1.165) is 22.5 Å². The number of carbonyl (C=O) groups excluding carboxylic acids is 4. The van der Waals surface area contributed by atoms with Gasteiger partial charge in [0.15, 0.2) is 6.10 Å². The summed E-state index contributed by atoms with van der Waals surface area (Å²) in [6.45, 7) is 5.15. The molecule has 2 aliphatic rings. The topological polar surface area (TPSA) is 167 Å². The molecule has 3 heterocycles. The second-order valence-corrected chi connectivity index (χ2v) is 13.0. The zero-order valence-electron chi connectivity index (χ0n) is 23.7. The van der Waals surface area contributed by atoms with Gasteiger partial charge in [0.1, 0.15) is 39.5 Å². The molecule has 3 atom stereocenters. The standard InChI is InChI=1S/C30H31N5O6S2/c1-30(2,3)41-29(39)25-34-20(23(32)43-25)19(31)24(36)33-21-26(37)35-18(14-15-42-27(21)35)28(38)40-22(16-10-6-4-7-11-16)17-12-8-5-9-13-17/h4-14,19,21-22,27H,15,31-32H2,1-3H3,(H,33,36)/t19-,21-,27-/m1/s1. The van der Waals surface area contributed by atoms with Crippen LogP contribution >= 0.6 is 23.1 Å². The third-order valence-corrected chi connectivity index (χ3v) is 8.68. The Balaban J connectivity index is 1.26. The van der Waals surface area contributed by atoms with Gasteiger partial charge in [-0.15, -0.1) is 11.8 Å². The predicted molar refractivity (Wildman–Crippen MR) is 163 cm³/mol. The molecule has 2 amide bonds. The van der Waals surface area contributed by atoms with Crippen molar-refractivity contribution in [3.8, 4) is 0 Å². The van der Waals surface area contributed by atoms with Crippen LogP contribution in [0.2, 0.25) is 0 Å². The first-order valence-electron chi connectivity index (χ1n) is 13.5. The highest BCUT2D eigenvalue weighted by Gasteiger charge is 2.53. The fourth-order valence-electron chi connectivity index (χ4n) is 4.62. The number of thiazole rings is 1. The molecule has 13 heteroatoms. The van der Waals surface area contributed by atoms with E-state index >= 15 is 0 Å². The molecule has 3 aromatic rings. The summed E-state index contributed by atoms with van der Waals surface area (Å²) >= 11 is 2.25. The molecule has 1 saturated heterocycles. The quantitative estimate of drug-likeness (QED) is 0.251. The van der Waals surface area contributed by atoms with Gasteiger partial charge in [-0.25, -0.2) is 14.6 Å². The number of nitrogens with zero attached hydrogens (tertiary/aromatic N) is 2. The predicted octanol–water partition coefficient (Wildman–Crippen LogP) is 3.30. The van der Waals surface area contributed by atoms with Crippen molar-refractivity contribution < 1.29 is 28.7 Å². The normalized spacial score (nSPS) is 18.7. The van der Waals surface area contributed by atoms with Crippen molar-refractivity contribution in [2.24, 2.45) is 5.73 Å². The first-order chi connectivity index (χ1) is 20.4. The Labute approximate surface area is 256 Å². The molecule has 2 aromatic carbocycles. The van der Waals surface area contributed by atoms with Crippen LogP contribution in [-0.4, -0.2) is 56.4 Å². The number of hydrogen-bond donors (Lipinski definition) is 3. The van der Waals surface area contributed by atoms with Gasteiger partial charge in [0.25, 0.3) is 5.91 Å². The highest BCUT2D eigenvalue weighted by Crippen LogP contribution is 2.39. The summed E-state index contributed by atoms with van der Waals surface area (Å²) in [6.07, 6.45) is 0.967. The second-order valence-electron chi connectivity index (χ2n) is 10.9. The first kappa shape index (κ1) is 30.3. The van der Waals surface area contributed by atoms with Gasteiger partial charge in [0.05, 0.1) is 0 Å². The van der Waals surface area contributed by atoms with Crippen LogP contribution in [-0.2, 0) is 23.9 Å². The molecule has 0 spiro atoms. The van der Waals surface area contributed by atoms with Crippen LogP contribution in [0.3, 0.4) is 0 Å². The van der Waals surface area contributed by atoms with Crippen LogP contribution in [0.5, 0.6) is 0 Å². The number of β-lactam (4-membered cyclic amide) rings is 1. The molecule has 0 radical (unpaired) electrons. The first-order valence-corrected chi connectivity index (χ1v) is 15.3. The Morgan fingerprint density at radius 2 is 1.63 bits per heavy atom. The highest BCUT2D eigenvalue weighted by atomic mass is 32.2. The van der Waals surface area contributed by atoms with Gasteiger partial charge in [0, 0.05) is 5.75 Å². The van der Waals surface area contributed by atoms with Crippen molar-refractivity contribution in [1.82, 2.24) is 15.2 Å². The molecule has 1 fully saturated rings. The minimum absolute atomic E-state index is 0.0142. The van der Waals surface area contributed by atoms with E-state index in [4.69, 9.17) is 20.9 Å². The third-order valence-electron chi connectivity index (χ3n) is 6.61. The lowest BCUT2D eigenvalue weighted by atomic mass is 10.0. The lowest BCUT2D eigenvalue weighted by molar-refractivity contribution is -0.154. The van der Waals surface area contributed by atoms with E-state index in [0.29, 0.717) is 5.75 Å². The number of carbonyl (C=O) groups is 4. The summed E-state index contributed by atoms with van der Waals surface area (Å²) in [6, 6.07) is 16.4. The smallest absolute Gasteiger partial charge is 0.368 e. The number of rotatable bonds is 8. The number of nitrogens with two attached hydrogens (primary N) is 2. The maximum atomic E-state index is 13.4. The molecule has 5 rings (SSSR count). The third kappa shape index (κ3) is 6.43.